The molecule has 0 aliphatic carbocycles. The molecule has 3 unspecified atom stereocenters. The van der Waals surface area contributed by atoms with Gasteiger partial charge in [0.1, 0.15) is 0 Å². The van der Waals surface area contributed by atoms with E-state index in [0.29, 0.717) is 0 Å². The first-order valence-electron chi connectivity index (χ1n) is 24.6. The van der Waals surface area contributed by atoms with Crippen LogP contribution in [0.3, 0.4) is 0 Å². The highest BCUT2D eigenvalue weighted by molar-refractivity contribution is 7.48. The minimum absolute atomic E-state index is 0.0490. The molecule has 0 saturated heterocycles. The van der Waals surface area contributed by atoms with Crippen LogP contribution >= 0.6 is 7.82 Å². The van der Waals surface area contributed by atoms with Crippen LogP contribution in [0.1, 0.15) is 292 Å². The van der Waals surface area contributed by atoms with Gasteiger partial charge in [-0.15, -0.1) is 0 Å². The molecule has 0 aliphatic heterocycles. The van der Waals surface area contributed by atoms with Gasteiger partial charge in [-0.05, 0) is 38.5 Å². The Balaban J connectivity index is 6.15. The molecule has 0 saturated carbocycles. The Morgan fingerprint density at radius 3 is 0.585 bits per heavy atom. The Bertz CT molecular complexity index is 650. The number of phosphoric ester groups is 1. The van der Waals surface area contributed by atoms with Crippen molar-refractivity contribution in [2.24, 2.45) is 0 Å². The second-order valence-electron chi connectivity index (χ2n) is 16.9. The fourth-order valence-corrected chi connectivity index (χ4v) is 9.63. The molecule has 320 valence electrons. The van der Waals surface area contributed by atoms with Crippen LogP contribution in [0.4, 0.5) is 0 Å². The van der Waals surface area contributed by atoms with Crippen molar-refractivity contribution in [2.75, 3.05) is 0 Å². The van der Waals surface area contributed by atoms with Crippen molar-refractivity contribution < 1.29 is 18.1 Å². The lowest BCUT2D eigenvalue weighted by Crippen LogP contribution is -2.22. The number of phosphoric acid groups is 1. The molecule has 0 fully saturated rings. The minimum atomic E-state index is -3.77. The number of unbranched alkanes of at least 4 members (excludes halogenated alkanes) is 27. The van der Waals surface area contributed by atoms with Gasteiger partial charge in [0.15, 0.2) is 0 Å². The van der Waals surface area contributed by atoms with Crippen molar-refractivity contribution in [2.45, 2.75) is 310 Å². The topological polar surface area (TPSA) is 44.8 Å². The van der Waals surface area contributed by atoms with Gasteiger partial charge in [0.2, 0.25) is 0 Å². The third-order valence-corrected chi connectivity index (χ3v) is 13.0. The highest BCUT2D eigenvalue weighted by Gasteiger charge is 2.36. The third kappa shape index (κ3) is 36.2. The average molecular weight is 771 g/mol. The van der Waals surface area contributed by atoms with Crippen molar-refractivity contribution in [1.82, 2.24) is 0 Å². The molecule has 0 amide bonds. The van der Waals surface area contributed by atoms with Gasteiger partial charge in [-0.25, -0.2) is 4.57 Å². The summed E-state index contributed by atoms with van der Waals surface area (Å²) in [5.41, 5.74) is 0. The van der Waals surface area contributed by atoms with Gasteiger partial charge in [0.05, 0.1) is 18.3 Å². The Labute approximate surface area is 335 Å². The lowest BCUT2D eigenvalue weighted by Gasteiger charge is -2.31. The first-order chi connectivity index (χ1) is 26.0. The standard InChI is InChI=1S/C48H99O4P/c1-7-13-19-25-31-37-43-46(40-34-28-22-16-10-4)50-53(49,51-47(41-35-29-23-17-11-5)44-38-32-26-20-14-8-2)52-48(42-36-30-24-18-12-6)45-39-33-27-21-15-9-3/h46-48H,7-45H2,1-6H3. The van der Waals surface area contributed by atoms with Crippen molar-refractivity contribution in [1.29, 1.82) is 0 Å². The van der Waals surface area contributed by atoms with E-state index in [0.717, 1.165) is 77.0 Å². The van der Waals surface area contributed by atoms with Gasteiger partial charge in [0.25, 0.3) is 0 Å². The number of hydrogen-bond donors (Lipinski definition) is 0. The molecule has 3 atom stereocenters. The summed E-state index contributed by atoms with van der Waals surface area (Å²) in [5, 5.41) is 0. The minimum Gasteiger partial charge on any atom is -0.284 e. The quantitative estimate of drug-likeness (QED) is 0.0457. The normalized spacial score (nSPS) is 14.8. The van der Waals surface area contributed by atoms with E-state index < -0.39 is 7.82 Å². The van der Waals surface area contributed by atoms with Crippen LogP contribution in [-0.2, 0) is 18.1 Å². The number of rotatable bonds is 45. The monoisotopic (exact) mass is 771 g/mol. The van der Waals surface area contributed by atoms with Crippen LogP contribution < -0.4 is 0 Å². The molecule has 0 N–H and O–H groups in total. The molecule has 5 heteroatoms. The zero-order valence-corrected chi connectivity index (χ0v) is 38.3. The van der Waals surface area contributed by atoms with Gasteiger partial charge in [-0.3, -0.25) is 13.6 Å². The van der Waals surface area contributed by atoms with Gasteiger partial charge in [-0.2, -0.15) is 0 Å². The van der Waals surface area contributed by atoms with Crippen LogP contribution in [0, 0.1) is 0 Å². The second-order valence-corrected chi connectivity index (χ2v) is 18.4. The molecule has 0 rings (SSSR count). The van der Waals surface area contributed by atoms with Gasteiger partial charge >= 0.3 is 7.82 Å². The van der Waals surface area contributed by atoms with Crippen LogP contribution in [0.5, 0.6) is 0 Å². The Kier molecular flexibility index (Phi) is 41.8. The van der Waals surface area contributed by atoms with Crippen LogP contribution in [0.25, 0.3) is 0 Å². The predicted molar refractivity (Wildman–Crippen MR) is 236 cm³/mol. The third-order valence-electron chi connectivity index (χ3n) is 11.4. The first-order valence-corrected chi connectivity index (χ1v) is 26.1. The second kappa shape index (κ2) is 41.7. The summed E-state index contributed by atoms with van der Waals surface area (Å²) >= 11 is 0. The fourth-order valence-electron chi connectivity index (χ4n) is 7.76. The van der Waals surface area contributed by atoms with Crippen molar-refractivity contribution in [3.05, 3.63) is 0 Å². The molecular formula is C48H99O4P. The molecule has 0 aromatic rings. The summed E-state index contributed by atoms with van der Waals surface area (Å²) < 4.78 is 35.9. The summed E-state index contributed by atoms with van der Waals surface area (Å²) in [4.78, 5) is 0. The van der Waals surface area contributed by atoms with Gasteiger partial charge < -0.3 is 0 Å². The largest absolute Gasteiger partial charge is 0.475 e. The van der Waals surface area contributed by atoms with Crippen LogP contribution in [0.2, 0.25) is 0 Å². The highest BCUT2D eigenvalue weighted by atomic mass is 31.2. The van der Waals surface area contributed by atoms with E-state index in [1.807, 2.05) is 0 Å². The Morgan fingerprint density at radius 1 is 0.264 bits per heavy atom. The molecule has 0 aliphatic rings. The van der Waals surface area contributed by atoms with Gasteiger partial charge in [0, 0.05) is 0 Å². The maximum Gasteiger partial charge on any atom is 0.475 e. The Morgan fingerprint density at radius 2 is 0.415 bits per heavy atom. The van der Waals surface area contributed by atoms with Crippen LogP contribution in [0.15, 0.2) is 0 Å². The smallest absolute Gasteiger partial charge is 0.284 e. The lowest BCUT2D eigenvalue weighted by atomic mass is 10.0. The van der Waals surface area contributed by atoms with E-state index in [4.69, 9.17) is 13.6 Å². The summed E-state index contributed by atoms with van der Waals surface area (Å²) in [6.45, 7) is 13.7. The van der Waals surface area contributed by atoms with Crippen molar-refractivity contribution in [3.63, 3.8) is 0 Å². The SMILES string of the molecule is CCCCCCCCC(CCCCCCC)OP(=O)(OC(CCCCCCC)CCCCCCCC)OC(CCCCCCC)CCCCCCCC. The zero-order chi connectivity index (χ0) is 38.9. The van der Waals surface area contributed by atoms with E-state index in [1.165, 1.54) is 173 Å². The summed E-state index contributed by atoms with van der Waals surface area (Å²) in [6.07, 6.45) is 47.0. The first kappa shape index (κ1) is 53.1. The highest BCUT2D eigenvalue weighted by Crippen LogP contribution is 2.55. The van der Waals surface area contributed by atoms with Crippen LogP contribution in [-0.4, -0.2) is 18.3 Å². The molecule has 0 radical (unpaired) electrons. The van der Waals surface area contributed by atoms with E-state index in [2.05, 4.69) is 41.5 Å². The average Bonchev–Trinajstić information content (AvgIpc) is 3.15. The summed E-state index contributed by atoms with van der Waals surface area (Å²) in [6, 6.07) is 0. The lowest BCUT2D eigenvalue weighted by molar-refractivity contribution is 0.0156. The molecule has 53 heavy (non-hydrogen) atoms. The maximum atomic E-state index is 15.3. The van der Waals surface area contributed by atoms with Crippen molar-refractivity contribution >= 4 is 7.82 Å². The Hall–Kier alpha value is 0.110. The zero-order valence-electron chi connectivity index (χ0n) is 37.4. The van der Waals surface area contributed by atoms with Crippen molar-refractivity contribution in [3.8, 4) is 0 Å². The van der Waals surface area contributed by atoms with E-state index in [-0.39, 0.29) is 18.3 Å². The molecule has 0 heterocycles. The molecule has 0 aromatic heterocycles. The van der Waals surface area contributed by atoms with E-state index >= 15 is 4.57 Å². The fraction of sp³-hybridized carbons (Fsp3) is 1.00. The van der Waals surface area contributed by atoms with E-state index in [1.54, 1.807) is 0 Å². The molecule has 4 nitrogen and oxygen atoms in total. The molecule has 0 aromatic carbocycles. The summed E-state index contributed by atoms with van der Waals surface area (Å²) in [5.74, 6) is 0. The number of hydrogen-bond acceptors (Lipinski definition) is 4. The molecule has 0 bridgehead atoms. The predicted octanol–water partition coefficient (Wildman–Crippen LogP) is 18.6. The molecular weight excluding hydrogens is 671 g/mol. The maximum absolute atomic E-state index is 15.3. The van der Waals surface area contributed by atoms with Gasteiger partial charge in [-0.1, -0.05) is 253 Å². The summed E-state index contributed by atoms with van der Waals surface area (Å²) in [7, 11) is -3.77. The molecule has 0 spiro atoms. The van der Waals surface area contributed by atoms with E-state index in [9.17, 15) is 0 Å².